The molecule has 0 fully saturated rings. The Morgan fingerprint density at radius 1 is 1.06 bits per heavy atom. The molecule has 0 aliphatic carbocycles. The van der Waals surface area contributed by atoms with E-state index in [0.29, 0.717) is 53.2 Å². The van der Waals surface area contributed by atoms with Gasteiger partial charge < -0.3 is 25.4 Å². The number of rotatable bonds is 8. The van der Waals surface area contributed by atoms with Crippen LogP contribution in [0.4, 0.5) is 17.6 Å². The van der Waals surface area contributed by atoms with Gasteiger partial charge in [0.05, 0.1) is 5.75 Å². The highest BCUT2D eigenvalue weighted by atomic mass is 32.2. The molecule has 1 aliphatic rings. The monoisotopic (exact) mass is 458 g/mol. The smallest absolute Gasteiger partial charge is 0.261 e. The molecule has 0 saturated carbocycles. The molecule has 0 unspecified atom stereocenters. The summed E-state index contributed by atoms with van der Waals surface area (Å²) < 4.78 is 12.8. The van der Waals surface area contributed by atoms with Crippen molar-refractivity contribution in [3.8, 4) is 11.5 Å². The van der Waals surface area contributed by atoms with Crippen molar-refractivity contribution in [2.75, 3.05) is 34.9 Å². The van der Waals surface area contributed by atoms with Crippen LogP contribution in [0.3, 0.4) is 0 Å². The molecule has 11 nitrogen and oxygen atoms in total. The number of ether oxygens (including phenoxy) is 2. The Bertz CT molecular complexity index is 1120. The summed E-state index contributed by atoms with van der Waals surface area (Å²) in [6, 6.07) is 5.63. The predicted molar refractivity (Wildman–Crippen MR) is 123 cm³/mol. The molecule has 0 spiro atoms. The van der Waals surface area contributed by atoms with Gasteiger partial charge in [-0.3, -0.25) is 4.79 Å². The zero-order valence-electron chi connectivity index (χ0n) is 18.4. The van der Waals surface area contributed by atoms with E-state index >= 15 is 0 Å². The minimum absolute atomic E-state index is 0.138. The standard InChI is InChI=1S/C20H26N8O3S/c1-11(2)21-17-24-18(22-12(3)4)28-19(25-17)26-27-20(28)32-10-16(29)23-13-5-6-14-15(9-13)31-8-7-30-14/h5-6,9,11-12H,7-8,10H2,1-4H3,(H,23,29)(H2,21,22,24,25,26). The van der Waals surface area contributed by atoms with Crippen molar-refractivity contribution in [1.29, 1.82) is 0 Å². The lowest BCUT2D eigenvalue weighted by atomic mass is 10.2. The number of amides is 1. The van der Waals surface area contributed by atoms with Gasteiger partial charge in [-0.25, -0.2) is 4.40 Å². The summed E-state index contributed by atoms with van der Waals surface area (Å²) in [4.78, 5) is 21.5. The van der Waals surface area contributed by atoms with Crippen molar-refractivity contribution in [2.45, 2.75) is 44.9 Å². The van der Waals surface area contributed by atoms with Crippen molar-refractivity contribution in [1.82, 2.24) is 24.6 Å². The normalized spacial score (nSPS) is 12.9. The van der Waals surface area contributed by atoms with E-state index in [1.165, 1.54) is 11.8 Å². The average Bonchev–Trinajstić information content (AvgIpc) is 3.14. The lowest BCUT2D eigenvalue weighted by Gasteiger charge is -2.19. The number of anilines is 3. The minimum atomic E-state index is -0.180. The van der Waals surface area contributed by atoms with Crippen LogP contribution in [-0.4, -0.2) is 61.5 Å². The van der Waals surface area contributed by atoms with Crippen LogP contribution in [0.15, 0.2) is 23.4 Å². The molecule has 0 atom stereocenters. The van der Waals surface area contributed by atoms with Gasteiger partial charge in [0, 0.05) is 23.8 Å². The molecule has 4 rings (SSSR count). The van der Waals surface area contributed by atoms with Crippen LogP contribution in [-0.2, 0) is 4.79 Å². The van der Waals surface area contributed by atoms with Gasteiger partial charge >= 0.3 is 0 Å². The molecular formula is C20H26N8O3S. The largest absolute Gasteiger partial charge is 0.486 e. The molecule has 32 heavy (non-hydrogen) atoms. The third-order valence-electron chi connectivity index (χ3n) is 4.24. The quantitative estimate of drug-likeness (QED) is 0.433. The van der Waals surface area contributed by atoms with Gasteiger partial charge in [-0.15, -0.1) is 10.2 Å². The van der Waals surface area contributed by atoms with E-state index in [1.54, 1.807) is 22.6 Å². The second kappa shape index (κ2) is 9.47. The lowest BCUT2D eigenvalue weighted by molar-refractivity contribution is -0.113. The van der Waals surface area contributed by atoms with Gasteiger partial charge in [0.25, 0.3) is 5.78 Å². The maximum atomic E-state index is 12.5. The van der Waals surface area contributed by atoms with Crippen molar-refractivity contribution in [3.05, 3.63) is 18.2 Å². The fourth-order valence-electron chi connectivity index (χ4n) is 3.01. The Morgan fingerprint density at radius 3 is 2.56 bits per heavy atom. The van der Waals surface area contributed by atoms with Gasteiger partial charge in [-0.1, -0.05) is 11.8 Å². The van der Waals surface area contributed by atoms with Crippen LogP contribution in [0.5, 0.6) is 11.5 Å². The molecule has 0 radical (unpaired) electrons. The predicted octanol–water partition coefficient (Wildman–Crippen LogP) is 2.66. The van der Waals surface area contributed by atoms with Crippen LogP contribution >= 0.6 is 11.8 Å². The molecule has 170 valence electrons. The van der Waals surface area contributed by atoms with Crippen molar-refractivity contribution >= 4 is 41.0 Å². The number of nitrogens with one attached hydrogen (secondary N) is 3. The van der Waals surface area contributed by atoms with Crippen LogP contribution in [0.25, 0.3) is 5.78 Å². The summed E-state index contributed by atoms with van der Waals surface area (Å²) in [5.74, 6) is 2.70. The first-order chi connectivity index (χ1) is 15.4. The number of aromatic nitrogens is 5. The number of carbonyl (C=O) groups is 1. The Kier molecular flexibility index (Phi) is 6.49. The topological polar surface area (TPSA) is 128 Å². The Balaban J connectivity index is 1.48. The first kappa shape index (κ1) is 21.9. The van der Waals surface area contributed by atoms with Gasteiger partial charge in [-0.2, -0.15) is 9.97 Å². The Morgan fingerprint density at radius 2 is 1.81 bits per heavy atom. The van der Waals surface area contributed by atoms with E-state index in [2.05, 4.69) is 36.1 Å². The number of hydrogen-bond donors (Lipinski definition) is 3. The summed E-state index contributed by atoms with van der Waals surface area (Å²) in [6.45, 7) is 9.06. The number of carbonyl (C=O) groups excluding carboxylic acids is 1. The van der Waals surface area contributed by atoms with Gasteiger partial charge in [-0.05, 0) is 39.8 Å². The molecule has 1 aromatic carbocycles. The summed E-state index contributed by atoms with van der Waals surface area (Å²) >= 11 is 1.25. The van der Waals surface area contributed by atoms with Crippen LogP contribution in [0.2, 0.25) is 0 Å². The fourth-order valence-corrected chi connectivity index (χ4v) is 3.74. The summed E-state index contributed by atoms with van der Waals surface area (Å²) in [7, 11) is 0. The van der Waals surface area contributed by atoms with Crippen molar-refractivity contribution in [3.63, 3.8) is 0 Å². The zero-order valence-corrected chi connectivity index (χ0v) is 19.2. The van der Waals surface area contributed by atoms with E-state index in [9.17, 15) is 4.79 Å². The number of fused-ring (bicyclic) bond motifs is 2. The molecule has 1 amide bonds. The number of nitrogens with zero attached hydrogens (tertiary/aromatic N) is 5. The second-order valence-electron chi connectivity index (χ2n) is 7.78. The molecule has 3 N–H and O–H groups in total. The maximum absolute atomic E-state index is 12.5. The fraction of sp³-hybridized carbons (Fsp3) is 0.450. The number of hydrogen-bond acceptors (Lipinski definition) is 10. The van der Waals surface area contributed by atoms with Crippen LogP contribution < -0.4 is 25.4 Å². The highest BCUT2D eigenvalue weighted by molar-refractivity contribution is 7.99. The number of thioether (sulfide) groups is 1. The molecule has 2 aromatic heterocycles. The molecule has 3 aromatic rings. The van der Waals surface area contributed by atoms with Crippen LogP contribution in [0, 0.1) is 0 Å². The van der Waals surface area contributed by atoms with E-state index in [1.807, 2.05) is 27.7 Å². The van der Waals surface area contributed by atoms with Gasteiger partial charge in [0.2, 0.25) is 17.8 Å². The molecular weight excluding hydrogens is 432 g/mol. The second-order valence-corrected chi connectivity index (χ2v) is 8.72. The summed E-state index contributed by atoms with van der Waals surface area (Å²) in [5.41, 5.74) is 0.640. The minimum Gasteiger partial charge on any atom is -0.486 e. The maximum Gasteiger partial charge on any atom is 0.261 e. The summed E-state index contributed by atoms with van der Waals surface area (Å²) in [5, 5.41) is 18.3. The molecule has 1 aliphatic heterocycles. The average molecular weight is 459 g/mol. The Labute approximate surface area is 189 Å². The highest BCUT2D eigenvalue weighted by Gasteiger charge is 2.18. The Hall–Kier alpha value is -3.28. The van der Waals surface area contributed by atoms with E-state index in [-0.39, 0.29) is 23.7 Å². The summed E-state index contributed by atoms with van der Waals surface area (Å²) in [6.07, 6.45) is 0. The third-order valence-corrected chi connectivity index (χ3v) is 5.17. The van der Waals surface area contributed by atoms with E-state index < -0.39 is 0 Å². The first-order valence-corrected chi connectivity index (χ1v) is 11.4. The van der Waals surface area contributed by atoms with Crippen molar-refractivity contribution < 1.29 is 14.3 Å². The highest BCUT2D eigenvalue weighted by Crippen LogP contribution is 2.32. The van der Waals surface area contributed by atoms with Crippen LogP contribution in [0.1, 0.15) is 27.7 Å². The number of benzene rings is 1. The molecule has 3 heterocycles. The van der Waals surface area contributed by atoms with Crippen molar-refractivity contribution in [2.24, 2.45) is 0 Å². The lowest BCUT2D eigenvalue weighted by Crippen LogP contribution is -2.19. The molecule has 12 heteroatoms. The molecule has 0 saturated heterocycles. The third kappa shape index (κ3) is 5.13. The van der Waals surface area contributed by atoms with E-state index in [0.717, 1.165) is 0 Å². The van der Waals surface area contributed by atoms with Gasteiger partial charge in [0.1, 0.15) is 13.2 Å². The van der Waals surface area contributed by atoms with Gasteiger partial charge in [0.15, 0.2) is 16.7 Å². The SMILES string of the molecule is CC(C)Nc1nc(NC(C)C)n2c(SCC(=O)Nc3ccc4c(c3)OCCO4)nnc2n1. The first-order valence-electron chi connectivity index (χ1n) is 10.4. The van der Waals surface area contributed by atoms with E-state index in [4.69, 9.17) is 9.47 Å². The molecule has 0 bridgehead atoms. The zero-order chi connectivity index (χ0) is 22.7.